The van der Waals surface area contributed by atoms with E-state index in [1.165, 1.54) is 5.56 Å². The minimum Gasteiger partial charge on any atom is -0.493 e. The predicted octanol–water partition coefficient (Wildman–Crippen LogP) is 6.07. The molecule has 0 aromatic heterocycles. The van der Waals surface area contributed by atoms with Gasteiger partial charge in [0.2, 0.25) is 0 Å². The largest absolute Gasteiger partial charge is 0.493 e. The van der Waals surface area contributed by atoms with Gasteiger partial charge in [0, 0.05) is 12.2 Å². The third kappa shape index (κ3) is 5.30. The van der Waals surface area contributed by atoms with E-state index in [4.69, 9.17) is 9.47 Å². The molecule has 1 heterocycles. The summed E-state index contributed by atoms with van der Waals surface area (Å²) in [5.41, 5.74) is 3.71. The Labute approximate surface area is 196 Å². The van der Waals surface area contributed by atoms with E-state index in [1.54, 1.807) is 7.11 Å². The van der Waals surface area contributed by atoms with Crippen LogP contribution in [0.1, 0.15) is 53.8 Å². The fraction of sp³-hybridized carbons (Fsp3) is 0.321. The normalized spacial score (nSPS) is 15.0. The summed E-state index contributed by atoms with van der Waals surface area (Å²) in [6, 6.07) is 23.9. The van der Waals surface area contributed by atoms with Crippen LogP contribution in [0.25, 0.3) is 0 Å². The van der Waals surface area contributed by atoms with E-state index in [0.29, 0.717) is 24.5 Å². The number of ether oxygens (including phenoxy) is 2. The van der Waals surface area contributed by atoms with Crippen LogP contribution in [0.15, 0.2) is 72.8 Å². The van der Waals surface area contributed by atoms with Gasteiger partial charge >= 0.3 is 0 Å². The average Bonchev–Trinajstić information content (AvgIpc) is 2.86. The van der Waals surface area contributed by atoms with Crippen LogP contribution in [0, 0.1) is 0 Å². The van der Waals surface area contributed by atoms with Gasteiger partial charge in [0.25, 0.3) is 5.91 Å². The molecule has 1 N–H and O–H groups in total. The first-order chi connectivity index (χ1) is 16.2. The van der Waals surface area contributed by atoms with Crippen LogP contribution >= 0.6 is 0 Å². The number of nitrogens with one attached hydrogen (secondary N) is 1. The second kappa shape index (κ2) is 10.9. The molecule has 5 heteroatoms. The van der Waals surface area contributed by atoms with Gasteiger partial charge < -0.3 is 19.7 Å². The van der Waals surface area contributed by atoms with Gasteiger partial charge in [-0.3, -0.25) is 4.79 Å². The number of anilines is 1. The molecule has 0 radical (unpaired) electrons. The Bertz CT molecular complexity index is 1070. The number of carbonyl (C=O) groups excluding carboxylic acids is 1. The third-order valence-corrected chi connectivity index (χ3v) is 6.02. The first kappa shape index (κ1) is 22.7. The maximum Gasteiger partial charge on any atom is 0.257 e. The van der Waals surface area contributed by atoms with E-state index in [0.717, 1.165) is 42.7 Å². The highest BCUT2D eigenvalue weighted by Crippen LogP contribution is 2.37. The maximum atomic E-state index is 13.5. The molecule has 1 aliphatic heterocycles. The molecule has 0 fully saturated rings. The van der Waals surface area contributed by atoms with Gasteiger partial charge in [0.05, 0.1) is 19.3 Å². The number of methoxy groups -OCH3 is 1. The van der Waals surface area contributed by atoms with Crippen molar-refractivity contribution in [3.8, 4) is 11.5 Å². The zero-order chi connectivity index (χ0) is 23.0. The smallest absolute Gasteiger partial charge is 0.257 e. The summed E-state index contributed by atoms with van der Waals surface area (Å²) < 4.78 is 11.6. The number of fused-ring (bicyclic) bond motifs is 1. The number of nitrogens with zero attached hydrogens (tertiary/aromatic N) is 1. The molecule has 1 atom stereocenters. The Morgan fingerprint density at radius 1 is 0.939 bits per heavy atom. The van der Waals surface area contributed by atoms with E-state index < -0.39 is 0 Å². The minimum absolute atomic E-state index is 0.0316. The second-order valence-electron chi connectivity index (χ2n) is 8.29. The monoisotopic (exact) mass is 444 g/mol. The number of benzene rings is 3. The second-order valence-corrected chi connectivity index (χ2v) is 8.29. The van der Waals surface area contributed by atoms with E-state index in [9.17, 15) is 4.79 Å². The molecule has 172 valence electrons. The third-order valence-electron chi connectivity index (χ3n) is 6.02. The summed E-state index contributed by atoms with van der Waals surface area (Å²) in [5.74, 6) is 1.44. The molecule has 1 amide bonds. The molecular weight excluding hydrogens is 412 g/mol. The van der Waals surface area contributed by atoms with Crippen LogP contribution in [-0.2, 0) is 6.42 Å². The van der Waals surface area contributed by atoms with E-state index in [-0.39, 0.29) is 12.1 Å². The van der Waals surface area contributed by atoms with E-state index in [2.05, 4.69) is 24.4 Å². The number of para-hydroxylation sites is 1. The topological polar surface area (TPSA) is 50.8 Å². The Morgan fingerprint density at radius 2 is 1.73 bits per heavy atom. The molecule has 0 spiro atoms. The number of rotatable bonds is 10. The summed E-state index contributed by atoms with van der Waals surface area (Å²) in [6.07, 6.45) is 3.80. The van der Waals surface area contributed by atoms with Crippen LogP contribution in [0.2, 0.25) is 0 Å². The van der Waals surface area contributed by atoms with Gasteiger partial charge in [-0.1, -0.05) is 68.3 Å². The SMILES string of the molecule is CCCCCOc1ccc(C2Nc3ccccc3C(=O)N2CCc2ccccc2)cc1OC. The number of carbonyl (C=O) groups is 1. The molecule has 1 unspecified atom stereocenters. The van der Waals surface area contributed by atoms with Crippen molar-refractivity contribution in [3.05, 3.63) is 89.5 Å². The van der Waals surface area contributed by atoms with Crippen LogP contribution in [0.5, 0.6) is 11.5 Å². The predicted molar refractivity (Wildman–Crippen MR) is 132 cm³/mol. The highest BCUT2D eigenvalue weighted by Gasteiger charge is 2.33. The van der Waals surface area contributed by atoms with Gasteiger partial charge in [0.15, 0.2) is 11.5 Å². The molecule has 0 saturated carbocycles. The number of hydrogen-bond acceptors (Lipinski definition) is 4. The number of amides is 1. The van der Waals surface area contributed by atoms with Crippen molar-refractivity contribution in [1.29, 1.82) is 0 Å². The van der Waals surface area contributed by atoms with Gasteiger partial charge in [-0.25, -0.2) is 0 Å². The van der Waals surface area contributed by atoms with Gasteiger partial charge in [0.1, 0.15) is 6.17 Å². The average molecular weight is 445 g/mol. The highest BCUT2D eigenvalue weighted by atomic mass is 16.5. The maximum absolute atomic E-state index is 13.5. The summed E-state index contributed by atoms with van der Waals surface area (Å²) in [7, 11) is 1.65. The molecule has 33 heavy (non-hydrogen) atoms. The quantitative estimate of drug-likeness (QED) is 0.386. The Hall–Kier alpha value is -3.47. The fourth-order valence-corrected chi connectivity index (χ4v) is 4.19. The highest BCUT2D eigenvalue weighted by molar-refractivity contribution is 6.01. The summed E-state index contributed by atoms with van der Waals surface area (Å²) in [6.45, 7) is 3.45. The van der Waals surface area contributed by atoms with Crippen LogP contribution in [-0.4, -0.2) is 31.1 Å². The van der Waals surface area contributed by atoms with Crippen molar-refractivity contribution in [3.63, 3.8) is 0 Å². The lowest BCUT2D eigenvalue weighted by Gasteiger charge is -2.38. The van der Waals surface area contributed by atoms with Gasteiger partial charge in [-0.05, 0) is 48.2 Å². The lowest BCUT2D eigenvalue weighted by molar-refractivity contribution is 0.0685. The minimum atomic E-state index is -0.292. The van der Waals surface area contributed by atoms with Crippen LogP contribution < -0.4 is 14.8 Å². The van der Waals surface area contributed by atoms with Crippen molar-refractivity contribution < 1.29 is 14.3 Å². The lowest BCUT2D eigenvalue weighted by atomic mass is 10.0. The van der Waals surface area contributed by atoms with Crippen molar-refractivity contribution >= 4 is 11.6 Å². The fourth-order valence-electron chi connectivity index (χ4n) is 4.19. The van der Waals surface area contributed by atoms with Crippen molar-refractivity contribution in [1.82, 2.24) is 4.90 Å². The molecule has 5 nitrogen and oxygen atoms in total. The molecule has 3 aromatic carbocycles. The lowest BCUT2D eigenvalue weighted by Crippen LogP contribution is -2.44. The molecular formula is C28H32N2O3. The number of unbranched alkanes of at least 4 members (excludes halogenated alkanes) is 2. The summed E-state index contributed by atoms with van der Waals surface area (Å²) in [5, 5.41) is 3.57. The molecule has 0 aliphatic carbocycles. The Balaban J connectivity index is 1.60. The Kier molecular flexibility index (Phi) is 7.51. The van der Waals surface area contributed by atoms with Crippen LogP contribution in [0.3, 0.4) is 0 Å². The van der Waals surface area contributed by atoms with Gasteiger partial charge in [-0.2, -0.15) is 0 Å². The van der Waals surface area contributed by atoms with E-state index in [1.807, 2.05) is 65.6 Å². The van der Waals surface area contributed by atoms with Crippen molar-refractivity contribution in [2.75, 3.05) is 25.6 Å². The standard InChI is InChI=1S/C28H32N2O3/c1-3-4-10-19-33-25-16-15-22(20-26(25)32-2)27-29-24-14-9-8-13-23(24)28(31)30(27)18-17-21-11-6-5-7-12-21/h5-9,11-16,20,27,29H,3-4,10,17-19H2,1-2H3. The molecule has 4 rings (SSSR count). The van der Waals surface area contributed by atoms with Crippen molar-refractivity contribution in [2.45, 2.75) is 38.8 Å². The van der Waals surface area contributed by atoms with Gasteiger partial charge in [-0.15, -0.1) is 0 Å². The Morgan fingerprint density at radius 3 is 2.52 bits per heavy atom. The zero-order valence-corrected chi connectivity index (χ0v) is 19.4. The molecule has 3 aromatic rings. The molecule has 0 bridgehead atoms. The summed E-state index contributed by atoms with van der Waals surface area (Å²) in [4.78, 5) is 15.4. The number of hydrogen-bond donors (Lipinski definition) is 1. The first-order valence-corrected chi connectivity index (χ1v) is 11.7. The molecule has 1 aliphatic rings. The summed E-state index contributed by atoms with van der Waals surface area (Å²) >= 11 is 0. The van der Waals surface area contributed by atoms with Crippen molar-refractivity contribution in [2.24, 2.45) is 0 Å². The zero-order valence-electron chi connectivity index (χ0n) is 19.4. The molecule has 0 saturated heterocycles. The van der Waals surface area contributed by atoms with E-state index >= 15 is 0 Å². The van der Waals surface area contributed by atoms with Crippen LogP contribution in [0.4, 0.5) is 5.69 Å². The first-order valence-electron chi connectivity index (χ1n) is 11.7.